The third-order valence-corrected chi connectivity index (χ3v) is 5.33. The van der Waals surface area contributed by atoms with Gasteiger partial charge in [0.2, 0.25) is 0 Å². The zero-order valence-corrected chi connectivity index (χ0v) is 11.8. The normalized spacial score (nSPS) is 23.3. The van der Waals surface area contributed by atoms with Crippen molar-refractivity contribution in [3.8, 4) is 0 Å². The first-order valence-electron chi connectivity index (χ1n) is 6.21. The van der Waals surface area contributed by atoms with Crippen LogP contribution in [0, 0.1) is 5.82 Å². The van der Waals surface area contributed by atoms with Gasteiger partial charge in [0.15, 0.2) is 9.84 Å². The van der Waals surface area contributed by atoms with Gasteiger partial charge in [0, 0.05) is 24.3 Å². The molecule has 106 valence electrons. The van der Waals surface area contributed by atoms with E-state index >= 15 is 0 Å². The summed E-state index contributed by atoms with van der Waals surface area (Å²) in [6, 6.07) is 4.08. The molecule has 2 atom stereocenters. The molecule has 1 aliphatic heterocycles. The Hall–Kier alpha value is -1.14. The zero-order chi connectivity index (χ0) is 14.2. The molecule has 1 unspecified atom stereocenters. The monoisotopic (exact) mass is 287 g/mol. The highest BCUT2D eigenvalue weighted by atomic mass is 32.2. The summed E-state index contributed by atoms with van der Waals surface area (Å²) in [5.74, 6) is -0.111. The van der Waals surface area contributed by atoms with Crippen molar-refractivity contribution in [3.05, 3.63) is 29.6 Å². The molecule has 0 amide bonds. The highest BCUT2D eigenvalue weighted by Gasteiger charge is 2.31. The van der Waals surface area contributed by atoms with Crippen LogP contribution in [0.15, 0.2) is 18.2 Å². The van der Waals surface area contributed by atoms with E-state index in [0.29, 0.717) is 17.7 Å². The Bertz CT molecular complexity index is 571. The number of benzene rings is 1. The standard InChI is InChI=1S/C13H18FNO3S/c1-9(16)12-7-10(14)3-4-13(12)15(2)11-5-6-19(17,18)8-11/h3-4,7,9,11,16H,5-6,8H2,1-2H3/t9-,11?/m0/s1. The number of anilines is 1. The predicted octanol–water partition coefficient (Wildman–Crippen LogP) is 1.50. The fourth-order valence-corrected chi connectivity index (χ4v) is 4.23. The van der Waals surface area contributed by atoms with Crippen LogP contribution in [0.5, 0.6) is 0 Å². The van der Waals surface area contributed by atoms with Gasteiger partial charge in [-0.2, -0.15) is 0 Å². The van der Waals surface area contributed by atoms with Gasteiger partial charge in [-0.05, 0) is 31.5 Å². The second-order valence-corrected chi connectivity index (χ2v) is 7.28. The Balaban J connectivity index is 2.31. The van der Waals surface area contributed by atoms with Crippen LogP contribution in [0.4, 0.5) is 10.1 Å². The van der Waals surface area contributed by atoms with Crippen LogP contribution in [0.25, 0.3) is 0 Å². The van der Waals surface area contributed by atoms with E-state index in [4.69, 9.17) is 0 Å². The maximum absolute atomic E-state index is 13.2. The van der Waals surface area contributed by atoms with Crippen molar-refractivity contribution in [3.63, 3.8) is 0 Å². The SMILES string of the molecule is C[C@H](O)c1cc(F)ccc1N(C)C1CCS(=O)(=O)C1. The first-order chi connectivity index (χ1) is 8.80. The number of aliphatic hydroxyl groups excluding tert-OH is 1. The van der Waals surface area contributed by atoms with Gasteiger partial charge >= 0.3 is 0 Å². The van der Waals surface area contributed by atoms with Crippen molar-refractivity contribution in [1.82, 2.24) is 0 Å². The van der Waals surface area contributed by atoms with Crippen molar-refractivity contribution < 1.29 is 17.9 Å². The highest BCUT2D eigenvalue weighted by Crippen LogP contribution is 2.30. The summed E-state index contributed by atoms with van der Waals surface area (Å²) in [7, 11) is -1.19. The molecular weight excluding hydrogens is 269 g/mol. The molecule has 0 aromatic heterocycles. The van der Waals surface area contributed by atoms with Gasteiger partial charge < -0.3 is 10.0 Å². The Labute approximate surface area is 112 Å². The smallest absolute Gasteiger partial charge is 0.152 e. The number of sulfone groups is 1. The summed E-state index contributed by atoms with van der Waals surface area (Å²) in [6.07, 6.45) is -0.235. The molecule has 1 aliphatic rings. The average Bonchev–Trinajstić information content (AvgIpc) is 2.68. The summed E-state index contributed by atoms with van der Waals surface area (Å²) in [4.78, 5) is 1.83. The minimum Gasteiger partial charge on any atom is -0.389 e. The van der Waals surface area contributed by atoms with E-state index < -0.39 is 21.8 Å². The maximum atomic E-state index is 13.2. The number of aliphatic hydroxyl groups is 1. The van der Waals surface area contributed by atoms with Gasteiger partial charge in [-0.25, -0.2) is 12.8 Å². The fraction of sp³-hybridized carbons (Fsp3) is 0.538. The van der Waals surface area contributed by atoms with Gasteiger partial charge in [-0.3, -0.25) is 0 Å². The third-order valence-electron chi connectivity index (χ3n) is 3.58. The summed E-state index contributed by atoms with van der Waals surface area (Å²) < 4.78 is 36.3. The molecule has 0 spiro atoms. The molecule has 2 rings (SSSR count). The van der Waals surface area contributed by atoms with Gasteiger partial charge in [-0.1, -0.05) is 0 Å². The van der Waals surface area contributed by atoms with Crippen LogP contribution in [-0.4, -0.2) is 38.1 Å². The molecule has 4 nitrogen and oxygen atoms in total. The molecule has 1 aromatic rings. The van der Waals surface area contributed by atoms with E-state index in [1.54, 1.807) is 20.0 Å². The number of hydrogen-bond acceptors (Lipinski definition) is 4. The molecule has 1 aromatic carbocycles. The quantitative estimate of drug-likeness (QED) is 0.915. The number of rotatable bonds is 3. The van der Waals surface area contributed by atoms with Crippen molar-refractivity contribution >= 4 is 15.5 Å². The second-order valence-electron chi connectivity index (χ2n) is 5.05. The topological polar surface area (TPSA) is 57.6 Å². The summed E-state index contributed by atoms with van der Waals surface area (Å²) in [6.45, 7) is 1.57. The van der Waals surface area contributed by atoms with Gasteiger partial charge in [0.1, 0.15) is 5.82 Å². The first kappa shape index (κ1) is 14.3. The minimum absolute atomic E-state index is 0.111. The van der Waals surface area contributed by atoms with Crippen LogP contribution in [0.2, 0.25) is 0 Å². The van der Waals surface area contributed by atoms with Gasteiger partial charge in [0.05, 0.1) is 17.6 Å². The Kier molecular flexibility index (Phi) is 3.82. The number of nitrogens with zero attached hydrogens (tertiary/aromatic N) is 1. The highest BCUT2D eigenvalue weighted by molar-refractivity contribution is 7.91. The molecule has 19 heavy (non-hydrogen) atoms. The molecule has 1 fully saturated rings. The average molecular weight is 287 g/mol. The van der Waals surface area contributed by atoms with Crippen LogP contribution in [0.3, 0.4) is 0 Å². The number of hydrogen-bond donors (Lipinski definition) is 1. The van der Waals surface area contributed by atoms with Crippen molar-refractivity contribution in [2.75, 3.05) is 23.5 Å². The number of halogens is 1. The van der Waals surface area contributed by atoms with E-state index in [9.17, 15) is 17.9 Å². The van der Waals surface area contributed by atoms with Crippen LogP contribution in [-0.2, 0) is 9.84 Å². The van der Waals surface area contributed by atoms with E-state index in [-0.39, 0.29) is 17.5 Å². The van der Waals surface area contributed by atoms with Crippen molar-refractivity contribution in [1.29, 1.82) is 0 Å². The van der Waals surface area contributed by atoms with E-state index in [0.717, 1.165) is 0 Å². The molecule has 0 radical (unpaired) electrons. The van der Waals surface area contributed by atoms with Gasteiger partial charge in [0.25, 0.3) is 0 Å². The Morgan fingerprint density at radius 2 is 2.16 bits per heavy atom. The minimum atomic E-state index is -2.97. The molecule has 0 aliphatic carbocycles. The molecule has 0 saturated carbocycles. The van der Waals surface area contributed by atoms with E-state index in [1.165, 1.54) is 12.1 Å². The van der Waals surface area contributed by atoms with E-state index in [2.05, 4.69) is 0 Å². The van der Waals surface area contributed by atoms with Crippen LogP contribution in [0.1, 0.15) is 25.0 Å². The van der Waals surface area contributed by atoms with Crippen molar-refractivity contribution in [2.24, 2.45) is 0 Å². The van der Waals surface area contributed by atoms with Gasteiger partial charge in [-0.15, -0.1) is 0 Å². The van der Waals surface area contributed by atoms with Crippen LogP contribution < -0.4 is 4.90 Å². The fourth-order valence-electron chi connectivity index (χ4n) is 2.46. The Morgan fingerprint density at radius 3 is 2.68 bits per heavy atom. The maximum Gasteiger partial charge on any atom is 0.152 e. The third kappa shape index (κ3) is 3.06. The van der Waals surface area contributed by atoms with Crippen LogP contribution >= 0.6 is 0 Å². The second kappa shape index (κ2) is 5.09. The first-order valence-corrected chi connectivity index (χ1v) is 8.03. The summed E-state index contributed by atoms with van der Waals surface area (Å²) >= 11 is 0. The lowest BCUT2D eigenvalue weighted by molar-refractivity contribution is 0.199. The molecular formula is C13H18FNO3S. The lowest BCUT2D eigenvalue weighted by Crippen LogP contribution is -2.33. The lowest BCUT2D eigenvalue weighted by Gasteiger charge is -2.28. The molecule has 1 saturated heterocycles. The van der Waals surface area contributed by atoms with Crippen molar-refractivity contribution in [2.45, 2.75) is 25.5 Å². The predicted molar refractivity (Wildman–Crippen MR) is 72.5 cm³/mol. The summed E-state index contributed by atoms with van der Waals surface area (Å²) in [5.41, 5.74) is 1.16. The largest absolute Gasteiger partial charge is 0.389 e. The molecule has 6 heteroatoms. The molecule has 1 heterocycles. The lowest BCUT2D eigenvalue weighted by atomic mass is 10.1. The molecule has 1 N–H and O–H groups in total. The Morgan fingerprint density at radius 1 is 1.47 bits per heavy atom. The molecule has 0 bridgehead atoms. The zero-order valence-electron chi connectivity index (χ0n) is 11.0. The summed E-state index contributed by atoms with van der Waals surface area (Å²) in [5, 5.41) is 9.71. The van der Waals surface area contributed by atoms with E-state index in [1.807, 2.05) is 4.90 Å².